The standard InChI is InChI=1S/C17H20O6P2/c1-13-5-2-3-7-16(13)15-11-9-14(10-12-15)6-4-8-17(24(18,19)20)25(21,22)23/h2-3,5,7-12H,4,6H2,1H3,(H2,18,19,20)(H2,21,22,23). The van der Waals surface area contributed by atoms with E-state index in [1.807, 2.05) is 55.5 Å². The van der Waals surface area contributed by atoms with Crippen LogP contribution in [0.5, 0.6) is 0 Å². The summed E-state index contributed by atoms with van der Waals surface area (Å²) in [6.07, 6.45) is 1.48. The highest BCUT2D eigenvalue weighted by atomic mass is 31.2. The molecule has 0 unspecified atom stereocenters. The molecule has 2 aromatic carbocycles. The average Bonchev–Trinajstić information content (AvgIpc) is 2.50. The van der Waals surface area contributed by atoms with Gasteiger partial charge < -0.3 is 19.6 Å². The normalized spacial score (nSPS) is 12.0. The molecule has 2 aromatic rings. The van der Waals surface area contributed by atoms with E-state index in [0.717, 1.165) is 28.3 Å². The van der Waals surface area contributed by atoms with Crippen molar-refractivity contribution in [1.82, 2.24) is 0 Å². The Hall–Kier alpha value is -1.52. The van der Waals surface area contributed by atoms with Gasteiger partial charge in [0.05, 0.1) is 0 Å². The van der Waals surface area contributed by atoms with Crippen LogP contribution in [0.4, 0.5) is 0 Å². The van der Waals surface area contributed by atoms with Crippen molar-refractivity contribution in [2.75, 3.05) is 0 Å². The summed E-state index contributed by atoms with van der Waals surface area (Å²) >= 11 is 0. The van der Waals surface area contributed by atoms with Crippen molar-refractivity contribution >= 4 is 15.2 Å². The van der Waals surface area contributed by atoms with Crippen LogP contribution in [-0.2, 0) is 15.6 Å². The van der Waals surface area contributed by atoms with Crippen LogP contribution in [0.2, 0.25) is 0 Å². The fourth-order valence-corrected chi connectivity index (χ4v) is 4.61. The molecule has 134 valence electrons. The molecule has 0 radical (unpaired) electrons. The van der Waals surface area contributed by atoms with Gasteiger partial charge in [0.2, 0.25) is 0 Å². The van der Waals surface area contributed by atoms with Gasteiger partial charge >= 0.3 is 15.2 Å². The SMILES string of the molecule is Cc1ccccc1-c1ccc(CCC=C(P(=O)(O)O)P(=O)(O)O)cc1. The summed E-state index contributed by atoms with van der Waals surface area (Å²) in [5.41, 5.74) is 4.25. The van der Waals surface area contributed by atoms with E-state index in [2.05, 4.69) is 0 Å². The zero-order valence-electron chi connectivity index (χ0n) is 13.6. The molecule has 0 heterocycles. The Morgan fingerprint density at radius 1 is 0.920 bits per heavy atom. The third kappa shape index (κ3) is 5.48. The first kappa shape index (κ1) is 19.8. The van der Waals surface area contributed by atoms with E-state index in [-0.39, 0.29) is 6.42 Å². The van der Waals surface area contributed by atoms with Crippen molar-refractivity contribution in [2.24, 2.45) is 0 Å². The largest absolute Gasteiger partial charge is 0.364 e. The Labute approximate surface area is 146 Å². The number of benzene rings is 2. The quantitative estimate of drug-likeness (QED) is 0.565. The number of rotatable bonds is 6. The van der Waals surface area contributed by atoms with Gasteiger partial charge in [-0.2, -0.15) is 0 Å². The Morgan fingerprint density at radius 2 is 1.48 bits per heavy atom. The lowest BCUT2D eigenvalue weighted by atomic mass is 9.99. The first-order valence-corrected chi connectivity index (χ1v) is 10.8. The summed E-state index contributed by atoms with van der Waals surface area (Å²) in [5.74, 6) is 0. The summed E-state index contributed by atoms with van der Waals surface area (Å²) in [7, 11) is -9.95. The topological polar surface area (TPSA) is 115 Å². The minimum Gasteiger partial charge on any atom is -0.321 e. The smallest absolute Gasteiger partial charge is 0.321 e. The molecule has 0 bridgehead atoms. The van der Waals surface area contributed by atoms with Crippen molar-refractivity contribution in [3.05, 3.63) is 70.8 Å². The summed E-state index contributed by atoms with van der Waals surface area (Å²) in [5, 5.41) is -1.11. The maximum Gasteiger partial charge on any atom is 0.364 e. The van der Waals surface area contributed by atoms with Crippen molar-refractivity contribution in [1.29, 1.82) is 0 Å². The minimum absolute atomic E-state index is 0.120. The van der Waals surface area contributed by atoms with E-state index >= 15 is 0 Å². The molecule has 0 spiro atoms. The van der Waals surface area contributed by atoms with Gasteiger partial charge in [0.15, 0.2) is 0 Å². The molecule has 0 saturated heterocycles. The summed E-state index contributed by atoms with van der Waals surface area (Å²) in [6.45, 7) is 2.03. The molecule has 0 atom stereocenters. The van der Waals surface area contributed by atoms with Gasteiger partial charge in [-0.25, -0.2) is 0 Å². The van der Waals surface area contributed by atoms with Crippen LogP contribution < -0.4 is 0 Å². The second-order valence-corrected chi connectivity index (χ2v) is 9.19. The van der Waals surface area contributed by atoms with E-state index in [4.69, 9.17) is 19.6 Å². The van der Waals surface area contributed by atoms with Crippen molar-refractivity contribution in [3.63, 3.8) is 0 Å². The van der Waals surface area contributed by atoms with Crippen LogP contribution in [0, 0.1) is 6.92 Å². The van der Waals surface area contributed by atoms with Crippen LogP contribution in [0.25, 0.3) is 11.1 Å². The van der Waals surface area contributed by atoms with E-state index in [1.165, 1.54) is 0 Å². The van der Waals surface area contributed by atoms with Gasteiger partial charge in [0.25, 0.3) is 0 Å². The maximum atomic E-state index is 11.2. The Bertz CT molecular complexity index is 837. The number of allylic oxidation sites excluding steroid dienone is 1. The van der Waals surface area contributed by atoms with Gasteiger partial charge in [0.1, 0.15) is 5.06 Å². The van der Waals surface area contributed by atoms with E-state index in [9.17, 15) is 9.13 Å². The second kappa shape index (κ2) is 7.79. The molecule has 4 N–H and O–H groups in total. The van der Waals surface area contributed by atoms with Gasteiger partial charge in [-0.15, -0.1) is 0 Å². The fourth-order valence-electron chi connectivity index (χ4n) is 2.52. The molecule has 0 aromatic heterocycles. The molecule has 0 aliphatic rings. The molecule has 0 saturated carbocycles. The molecule has 0 fully saturated rings. The minimum atomic E-state index is -4.97. The molecule has 6 nitrogen and oxygen atoms in total. The van der Waals surface area contributed by atoms with Gasteiger partial charge in [-0.3, -0.25) is 9.13 Å². The Morgan fingerprint density at radius 3 is 2.00 bits per heavy atom. The van der Waals surface area contributed by atoms with E-state index in [0.29, 0.717) is 6.42 Å². The summed E-state index contributed by atoms with van der Waals surface area (Å²) < 4.78 is 22.4. The molecule has 0 aliphatic carbocycles. The van der Waals surface area contributed by atoms with Gasteiger partial charge in [-0.05, 0) is 42.0 Å². The zero-order valence-corrected chi connectivity index (χ0v) is 15.4. The van der Waals surface area contributed by atoms with Crippen molar-refractivity contribution in [2.45, 2.75) is 19.8 Å². The Kier molecular flexibility index (Phi) is 6.17. The Balaban J connectivity index is 2.12. The zero-order chi connectivity index (χ0) is 18.7. The lowest BCUT2D eigenvalue weighted by Crippen LogP contribution is -1.91. The average molecular weight is 382 g/mol. The molecule has 0 aliphatic heterocycles. The van der Waals surface area contributed by atoms with Gasteiger partial charge in [0, 0.05) is 0 Å². The third-order valence-electron chi connectivity index (χ3n) is 3.77. The molecular weight excluding hydrogens is 362 g/mol. The van der Waals surface area contributed by atoms with Crippen LogP contribution >= 0.6 is 15.2 Å². The molecule has 0 amide bonds. The third-order valence-corrected chi connectivity index (χ3v) is 6.89. The molecule has 2 rings (SSSR count). The molecule has 8 heteroatoms. The number of hydrogen-bond donors (Lipinski definition) is 4. The number of hydrogen-bond acceptors (Lipinski definition) is 2. The van der Waals surface area contributed by atoms with E-state index in [1.54, 1.807) is 0 Å². The van der Waals surface area contributed by atoms with Crippen LogP contribution in [0.15, 0.2) is 59.7 Å². The summed E-state index contributed by atoms with van der Waals surface area (Å²) in [4.78, 5) is 36.2. The fraction of sp³-hybridized carbons (Fsp3) is 0.176. The predicted octanol–water partition coefficient (Wildman–Crippen LogP) is 3.79. The van der Waals surface area contributed by atoms with Crippen molar-refractivity contribution < 1.29 is 28.7 Å². The maximum absolute atomic E-state index is 11.2. The van der Waals surface area contributed by atoms with Crippen molar-refractivity contribution in [3.8, 4) is 11.1 Å². The van der Waals surface area contributed by atoms with Crippen LogP contribution in [0.1, 0.15) is 17.5 Å². The molecule has 25 heavy (non-hydrogen) atoms. The van der Waals surface area contributed by atoms with Gasteiger partial charge in [-0.1, -0.05) is 54.6 Å². The first-order valence-electron chi connectivity index (χ1n) is 7.56. The lowest BCUT2D eigenvalue weighted by Gasteiger charge is -2.11. The monoisotopic (exact) mass is 382 g/mol. The highest BCUT2D eigenvalue weighted by Gasteiger charge is 2.35. The molecular formula is C17H20O6P2. The second-order valence-electron chi connectivity index (χ2n) is 5.70. The highest BCUT2D eigenvalue weighted by molar-refractivity contribution is 7.77. The first-order chi connectivity index (χ1) is 11.6. The number of aryl methyl sites for hydroxylation is 2. The lowest BCUT2D eigenvalue weighted by molar-refractivity contribution is 0.367. The summed E-state index contributed by atoms with van der Waals surface area (Å²) in [6, 6.07) is 15.7. The highest BCUT2D eigenvalue weighted by Crippen LogP contribution is 2.63. The predicted molar refractivity (Wildman–Crippen MR) is 97.1 cm³/mol. The van der Waals surface area contributed by atoms with Crippen LogP contribution in [0.3, 0.4) is 0 Å². The van der Waals surface area contributed by atoms with Crippen LogP contribution in [-0.4, -0.2) is 19.6 Å². The van der Waals surface area contributed by atoms with E-state index < -0.39 is 20.2 Å².